The third kappa shape index (κ3) is 2.65. The predicted molar refractivity (Wildman–Crippen MR) is 82.7 cm³/mol. The van der Waals surface area contributed by atoms with E-state index >= 15 is 0 Å². The molecule has 0 bridgehead atoms. The van der Waals surface area contributed by atoms with Crippen LogP contribution in [-0.2, 0) is 11.3 Å². The number of thiocarbonyl (C=S) groups is 1. The largest absolute Gasteiger partial charge is 0.504 e. The Morgan fingerprint density at radius 1 is 1.41 bits per heavy atom. The molecule has 1 aliphatic rings. The Hall–Kier alpha value is -2.46. The molecule has 3 N–H and O–H groups in total. The zero-order chi connectivity index (χ0) is 15.7. The van der Waals surface area contributed by atoms with E-state index in [1.165, 1.54) is 17.0 Å². The van der Waals surface area contributed by atoms with Gasteiger partial charge >= 0.3 is 0 Å². The molecule has 8 nitrogen and oxygen atoms in total. The van der Waals surface area contributed by atoms with Crippen LogP contribution in [0.2, 0.25) is 0 Å². The highest BCUT2D eigenvalue weighted by Crippen LogP contribution is 2.36. The number of thioether (sulfide) groups is 1. The van der Waals surface area contributed by atoms with Gasteiger partial charge in [-0.15, -0.1) is 5.10 Å². The topological polar surface area (TPSA) is 115 Å². The van der Waals surface area contributed by atoms with Crippen molar-refractivity contribution in [1.29, 1.82) is 0 Å². The number of nitrogens with one attached hydrogen (secondary N) is 1. The monoisotopic (exact) mass is 335 g/mol. The summed E-state index contributed by atoms with van der Waals surface area (Å²) in [6, 6.07) is 4.51. The number of carbonyl (C=O) groups excluding carboxylic acids is 1. The van der Waals surface area contributed by atoms with Crippen LogP contribution in [0.4, 0.5) is 0 Å². The van der Waals surface area contributed by atoms with E-state index in [-0.39, 0.29) is 24.0 Å². The van der Waals surface area contributed by atoms with Crippen LogP contribution < -0.4 is 0 Å². The van der Waals surface area contributed by atoms with E-state index in [2.05, 4.69) is 20.6 Å². The van der Waals surface area contributed by atoms with Crippen molar-refractivity contribution in [3.05, 3.63) is 34.5 Å². The Bertz CT molecular complexity index is 775. The molecule has 0 radical (unpaired) electrons. The number of rotatable bonds is 3. The fourth-order valence-electron chi connectivity index (χ4n) is 1.84. The molecule has 0 spiro atoms. The second-order valence-electron chi connectivity index (χ2n) is 4.33. The maximum absolute atomic E-state index is 12.4. The van der Waals surface area contributed by atoms with Crippen LogP contribution >= 0.6 is 24.0 Å². The van der Waals surface area contributed by atoms with Gasteiger partial charge in [-0.25, -0.2) is 5.10 Å². The van der Waals surface area contributed by atoms with Gasteiger partial charge in [-0.3, -0.25) is 9.69 Å². The summed E-state index contributed by atoms with van der Waals surface area (Å²) in [5, 5.41) is 32.4. The number of amides is 1. The number of hydrogen-bond donors (Lipinski definition) is 3. The summed E-state index contributed by atoms with van der Waals surface area (Å²) in [4.78, 5) is 14.1. The third-order valence-corrected chi connectivity index (χ3v) is 4.28. The molecule has 1 aromatic carbocycles. The van der Waals surface area contributed by atoms with Crippen molar-refractivity contribution in [2.24, 2.45) is 0 Å². The quantitative estimate of drug-likeness (QED) is 0.432. The van der Waals surface area contributed by atoms with Gasteiger partial charge in [-0.2, -0.15) is 0 Å². The van der Waals surface area contributed by atoms with Gasteiger partial charge in [-0.1, -0.05) is 36.1 Å². The van der Waals surface area contributed by atoms with E-state index < -0.39 is 0 Å². The molecule has 1 fully saturated rings. The van der Waals surface area contributed by atoms with Crippen LogP contribution in [0.25, 0.3) is 6.08 Å². The second-order valence-corrected chi connectivity index (χ2v) is 6.01. The summed E-state index contributed by atoms with van der Waals surface area (Å²) in [6.07, 6.45) is 1.48. The van der Waals surface area contributed by atoms with Crippen molar-refractivity contribution in [1.82, 2.24) is 25.5 Å². The highest BCUT2D eigenvalue weighted by atomic mass is 32.2. The third-order valence-electron chi connectivity index (χ3n) is 2.90. The fourth-order valence-corrected chi connectivity index (χ4v) is 3.08. The SMILES string of the molecule is O=C1/C(=C/c2cccc(O)c2O)SC(=S)N1Cc1nnn[nH]1. The van der Waals surface area contributed by atoms with Gasteiger partial charge in [-0.05, 0) is 22.6 Å². The van der Waals surface area contributed by atoms with Crippen LogP contribution in [0.15, 0.2) is 23.1 Å². The van der Waals surface area contributed by atoms with Gasteiger partial charge in [0.15, 0.2) is 17.3 Å². The molecule has 10 heteroatoms. The minimum Gasteiger partial charge on any atom is -0.504 e. The van der Waals surface area contributed by atoms with Crippen molar-refractivity contribution in [3.8, 4) is 11.5 Å². The minimum atomic E-state index is -0.311. The summed E-state index contributed by atoms with van der Waals surface area (Å²) < 4.78 is 0.368. The highest BCUT2D eigenvalue weighted by Gasteiger charge is 2.33. The number of hydrogen-bond acceptors (Lipinski definition) is 8. The van der Waals surface area contributed by atoms with Crippen LogP contribution in [0.5, 0.6) is 11.5 Å². The van der Waals surface area contributed by atoms with Gasteiger partial charge in [0.1, 0.15) is 4.32 Å². The molecule has 0 saturated carbocycles. The lowest BCUT2D eigenvalue weighted by atomic mass is 10.1. The minimum absolute atomic E-state index is 0.140. The molecule has 1 aromatic heterocycles. The van der Waals surface area contributed by atoms with E-state index in [0.29, 0.717) is 20.6 Å². The Morgan fingerprint density at radius 3 is 2.95 bits per heavy atom. The van der Waals surface area contributed by atoms with Gasteiger partial charge in [0, 0.05) is 5.56 Å². The molecule has 1 saturated heterocycles. The lowest BCUT2D eigenvalue weighted by molar-refractivity contribution is -0.122. The van der Waals surface area contributed by atoms with Crippen molar-refractivity contribution in [2.45, 2.75) is 6.54 Å². The average Bonchev–Trinajstić information content (AvgIpc) is 3.08. The van der Waals surface area contributed by atoms with Gasteiger partial charge in [0.2, 0.25) is 0 Å². The number of aromatic hydroxyl groups is 2. The normalized spacial score (nSPS) is 16.7. The Balaban J connectivity index is 1.87. The number of nitrogens with zero attached hydrogens (tertiary/aromatic N) is 4. The van der Waals surface area contributed by atoms with E-state index in [9.17, 15) is 15.0 Å². The summed E-state index contributed by atoms with van der Waals surface area (Å²) in [7, 11) is 0. The van der Waals surface area contributed by atoms with Crippen molar-refractivity contribution >= 4 is 40.3 Å². The number of aromatic amines is 1. The van der Waals surface area contributed by atoms with E-state index in [4.69, 9.17) is 12.2 Å². The van der Waals surface area contributed by atoms with Crippen molar-refractivity contribution in [3.63, 3.8) is 0 Å². The number of benzene rings is 1. The molecular weight excluding hydrogens is 326 g/mol. The maximum Gasteiger partial charge on any atom is 0.266 e. The Kier molecular flexibility index (Phi) is 3.77. The molecule has 112 valence electrons. The number of carbonyl (C=O) groups is 1. The summed E-state index contributed by atoms with van der Waals surface area (Å²) >= 11 is 6.28. The number of para-hydroxylation sites is 1. The standard InChI is InChI=1S/C12H9N5O3S2/c18-7-3-1-2-6(10(7)19)4-8-11(20)17(12(21)22-8)5-9-13-15-16-14-9/h1-4,18-19H,5H2,(H,13,14,15,16)/b8-4-. The first-order valence-corrected chi connectivity index (χ1v) is 7.27. The zero-order valence-electron chi connectivity index (χ0n) is 10.9. The van der Waals surface area contributed by atoms with E-state index in [1.54, 1.807) is 12.1 Å². The number of H-pyrrole nitrogens is 1. The van der Waals surface area contributed by atoms with Crippen molar-refractivity contribution in [2.75, 3.05) is 0 Å². The summed E-state index contributed by atoms with van der Waals surface area (Å²) in [6.45, 7) is 0.140. The second kappa shape index (κ2) is 5.73. The lowest BCUT2D eigenvalue weighted by Crippen LogP contribution is -2.27. The van der Waals surface area contributed by atoms with Crippen LogP contribution in [0.3, 0.4) is 0 Å². The van der Waals surface area contributed by atoms with Gasteiger partial charge < -0.3 is 10.2 Å². The van der Waals surface area contributed by atoms with Crippen LogP contribution in [0, 0.1) is 0 Å². The van der Waals surface area contributed by atoms with Crippen LogP contribution in [-0.4, -0.2) is 46.0 Å². The Morgan fingerprint density at radius 2 is 2.23 bits per heavy atom. The van der Waals surface area contributed by atoms with Gasteiger partial charge in [0.05, 0.1) is 11.4 Å². The molecule has 0 unspecified atom stereocenters. The first-order valence-electron chi connectivity index (χ1n) is 6.05. The molecule has 0 atom stereocenters. The van der Waals surface area contributed by atoms with Crippen molar-refractivity contribution < 1.29 is 15.0 Å². The number of tetrazole rings is 1. The summed E-state index contributed by atoms with van der Waals surface area (Å²) in [5.41, 5.74) is 0.335. The number of phenolic OH excluding ortho intramolecular Hbond substituents is 2. The Labute approximate surface area is 133 Å². The molecule has 2 heterocycles. The zero-order valence-corrected chi connectivity index (χ0v) is 12.6. The average molecular weight is 335 g/mol. The highest BCUT2D eigenvalue weighted by molar-refractivity contribution is 8.26. The van der Waals surface area contributed by atoms with Gasteiger partial charge in [0.25, 0.3) is 5.91 Å². The molecule has 2 aromatic rings. The molecule has 1 amide bonds. The van der Waals surface area contributed by atoms with Crippen LogP contribution in [0.1, 0.15) is 11.4 Å². The summed E-state index contributed by atoms with van der Waals surface area (Å²) in [5.74, 6) is -0.434. The number of phenols is 2. The molecule has 1 aliphatic heterocycles. The molecule has 0 aliphatic carbocycles. The van der Waals surface area contributed by atoms with E-state index in [0.717, 1.165) is 11.8 Å². The maximum atomic E-state index is 12.4. The fraction of sp³-hybridized carbons (Fsp3) is 0.0833. The predicted octanol–water partition coefficient (Wildman–Crippen LogP) is 1.01. The van der Waals surface area contributed by atoms with E-state index in [1.807, 2.05) is 0 Å². The smallest absolute Gasteiger partial charge is 0.266 e. The first kappa shape index (κ1) is 14.5. The molecular formula is C12H9N5O3S2. The molecule has 3 rings (SSSR count). The lowest BCUT2D eigenvalue weighted by Gasteiger charge is -2.11. The number of aromatic nitrogens is 4. The molecule has 22 heavy (non-hydrogen) atoms. The first-order chi connectivity index (χ1) is 10.6.